The molecule has 8 nitrogen and oxygen atoms in total. The number of carbonyl (C=O) groups is 2. The molecule has 3 heterocycles. The molecule has 38 heavy (non-hydrogen) atoms. The standard InChI is InChI=1S/C30H38N4O4/c1-31-15-17-32(18-16-31)23(21-35)19-34-20-25(24-7-4-5-8-26(24)34)30(36)33-13-11-22(12-14-33)29-27(37-2)9-6-10-28(29)38-3/h4-10,20-23H,11-19H2,1-3H3. The first kappa shape index (κ1) is 26.3. The fourth-order valence-corrected chi connectivity index (χ4v) is 5.99. The summed E-state index contributed by atoms with van der Waals surface area (Å²) in [6.45, 7) is 5.53. The highest BCUT2D eigenvalue weighted by molar-refractivity contribution is 6.07. The van der Waals surface area contributed by atoms with Crippen molar-refractivity contribution in [2.45, 2.75) is 31.3 Å². The van der Waals surface area contributed by atoms with E-state index >= 15 is 0 Å². The maximum Gasteiger partial charge on any atom is 0.256 e. The number of carbonyl (C=O) groups excluding carboxylic acids is 2. The number of aldehydes is 1. The van der Waals surface area contributed by atoms with Crippen molar-refractivity contribution in [2.75, 3.05) is 60.5 Å². The van der Waals surface area contributed by atoms with E-state index in [-0.39, 0.29) is 17.9 Å². The van der Waals surface area contributed by atoms with Gasteiger partial charge in [-0.2, -0.15) is 0 Å². The molecule has 8 heteroatoms. The minimum absolute atomic E-state index is 0.0487. The van der Waals surface area contributed by atoms with Crippen LogP contribution in [0.15, 0.2) is 48.7 Å². The van der Waals surface area contributed by atoms with Gasteiger partial charge in [0.1, 0.15) is 17.8 Å². The zero-order valence-corrected chi connectivity index (χ0v) is 22.6. The number of fused-ring (bicyclic) bond motifs is 1. The third-order valence-corrected chi connectivity index (χ3v) is 8.22. The van der Waals surface area contributed by atoms with E-state index in [9.17, 15) is 9.59 Å². The molecule has 2 aromatic carbocycles. The largest absolute Gasteiger partial charge is 0.496 e. The monoisotopic (exact) mass is 518 g/mol. The lowest BCUT2D eigenvalue weighted by atomic mass is 9.88. The Balaban J connectivity index is 1.33. The number of likely N-dealkylation sites (tertiary alicyclic amines) is 1. The Morgan fingerprint density at radius 3 is 2.24 bits per heavy atom. The summed E-state index contributed by atoms with van der Waals surface area (Å²) in [5.41, 5.74) is 2.78. The number of likely N-dealkylation sites (N-methyl/N-ethyl adjacent to an activating group) is 1. The maximum absolute atomic E-state index is 13.8. The summed E-state index contributed by atoms with van der Waals surface area (Å²) in [6, 6.07) is 13.7. The van der Waals surface area contributed by atoms with Crippen molar-refractivity contribution in [3.8, 4) is 11.5 Å². The number of piperidine rings is 1. The van der Waals surface area contributed by atoms with Crippen LogP contribution in [-0.2, 0) is 11.3 Å². The fourth-order valence-electron chi connectivity index (χ4n) is 5.99. The second-order valence-corrected chi connectivity index (χ2v) is 10.4. The second kappa shape index (κ2) is 11.6. The molecule has 3 aromatic rings. The Bertz CT molecular complexity index is 1250. The highest BCUT2D eigenvalue weighted by Crippen LogP contribution is 2.40. The van der Waals surface area contributed by atoms with Crippen molar-refractivity contribution >= 4 is 23.1 Å². The molecule has 0 N–H and O–H groups in total. The molecule has 0 radical (unpaired) electrons. The van der Waals surface area contributed by atoms with Gasteiger partial charge in [-0.05, 0) is 44.0 Å². The minimum Gasteiger partial charge on any atom is -0.496 e. The third kappa shape index (κ3) is 5.15. The zero-order valence-electron chi connectivity index (χ0n) is 22.6. The van der Waals surface area contributed by atoms with Gasteiger partial charge >= 0.3 is 0 Å². The molecule has 1 amide bonds. The Morgan fingerprint density at radius 1 is 0.947 bits per heavy atom. The van der Waals surface area contributed by atoms with E-state index < -0.39 is 0 Å². The van der Waals surface area contributed by atoms with E-state index in [1.807, 2.05) is 53.6 Å². The topological polar surface area (TPSA) is 67.2 Å². The van der Waals surface area contributed by atoms with Crippen LogP contribution in [0.3, 0.4) is 0 Å². The number of aromatic nitrogens is 1. The highest BCUT2D eigenvalue weighted by Gasteiger charge is 2.30. The summed E-state index contributed by atoms with van der Waals surface area (Å²) in [5, 5.41) is 0.939. The van der Waals surface area contributed by atoms with Gasteiger partial charge < -0.3 is 28.6 Å². The van der Waals surface area contributed by atoms with Crippen molar-refractivity contribution in [1.29, 1.82) is 0 Å². The van der Waals surface area contributed by atoms with Gasteiger partial charge in [-0.25, -0.2) is 0 Å². The summed E-state index contributed by atoms with van der Waals surface area (Å²) in [6.07, 6.45) is 4.70. The molecule has 5 rings (SSSR count). The van der Waals surface area contributed by atoms with Gasteiger partial charge in [-0.3, -0.25) is 9.69 Å². The number of methoxy groups -OCH3 is 2. The molecule has 1 unspecified atom stereocenters. The van der Waals surface area contributed by atoms with E-state index in [0.717, 1.165) is 73.3 Å². The van der Waals surface area contributed by atoms with Crippen molar-refractivity contribution in [3.05, 3.63) is 59.8 Å². The number of hydrogen-bond donors (Lipinski definition) is 0. The quantitative estimate of drug-likeness (QED) is 0.426. The first-order valence-electron chi connectivity index (χ1n) is 13.5. The van der Waals surface area contributed by atoms with Gasteiger partial charge in [0.05, 0.1) is 25.8 Å². The molecule has 0 saturated carbocycles. The molecule has 0 aliphatic carbocycles. The third-order valence-electron chi connectivity index (χ3n) is 8.22. The summed E-state index contributed by atoms with van der Waals surface area (Å²) in [4.78, 5) is 32.4. The average Bonchev–Trinajstić information content (AvgIpc) is 3.34. The highest BCUT2D eigenvalue weighted by atomic mass is 16.5. The molecule has 2 saturated heterocycles. The van der Waals surface area contributed by atoms with E-state index in [1.54, 1.807) is 14.2 Å². The number of piperazine rings is 1. The van der Waals surface area contributed by atoms with E-state index in [0.29, 0.717) is 25.2 Å². The van der Waals surface area contributed by atoms with Crippen molar-refractivity contribution in [2.24, 2.45) is 0 Å². The molecule has 1 atom stereocenters. The molecular weight excluding hydrogens is 480 g/mol. The molecular formula is C30H38N4O4. The van der Waals surface area contributed by atoms with Gasteiger partial charge in [0.25, 0.3) is 5.91 Å². The molecule has 2 aliphatic rings. The van der Waals surface area contributed by atoms with Crippen LogP contribution in [0.1, 0.15) is 34.7 Å². The number of ether oxygens (including phenoxy) is 2. The summed E-state index contributed by atoms with van der Waals surface area (Å²) in [7, 11) is 5.48. The van der Waals surface area contributed by atoms with Crippen LogP contribution in [0.2, 0.25) is 0 Å². The second-order valence-electron chi connectivity index (χ2n) is 10.4. The lowest BCUT2D eigenvalue weighted by molar-refractivity contribution is -0.113. The molecule has 202 valence electrons. The average molecular weight is 519 g/mol. The molecule has 2 aliphatic heterocycles. The van der Waals surface area contributed by atoms with Crippen molar-refractivity contribution in [1.82, 2.24) is 19.3 Å². The van der Waals surface area contributed by atoms with Crippen LogP contribution in [0, 0.1) is 0 Å². The first-order valence-corrected chi connectivity index (χ1v) is 13.5. The Morgan fingerprint density at radius 2 is 1.61 bits per heavy atom. The summed E-state index contributed by atoms with van der Waals surface area (Å²) < 4.78 is 13.4. The number of benzene rings is 2. The molecule has 0 bridgehead atoms. The predicted molar refractivity (Wildman–Crippen MR) is 148 cm³/mol. The zero-order chi connectivity index (χ0) is 26.6. The number of para-hydroxylation sites is 1. The van der Waals surface area contributed by atoms with Gasteiger partial charge in [-0.1, -0.05) is 24.3 Å². The summed E-state index contributed by atoms with van der Waals surface area (Å²) >= 11 is 0. The number of rotatable bonds is 8. The minimum atomic E-state index is -0.214. The first-order chi connectivity index (χ1) is 18.5. The van der Waals surface area contributed by atoms with E-state index in [2.05, 4.69) is 21.4 Å². The summed E-state index contributed by atoms with van der Waals surface area (Å²) in [5.74, 6) is 1.99. The Kier molecular flexibility index (Phi) is 8.00. The van der Waals surface area contributed by atoms with E-state index in [1.165, 1.54) is 0 Å². The lowest BCUT2D eigenvalue weighted by Crippen LogP contribution is -2.50. The predicted octanol–water partition coefficient (Wildman–Crippen LogP) is 3.49. The van der Waals surface area contributed by atoms with Crippen molar-refractivity contribution in [3.63, 3.8) is 0 Å². The lowest BCUT2D eigenvalue weighted by Gasteiger charge is -2.35. The van der Waals surface area contributed by atoms with Crippen molar-refractivity contribution < 1.29 is 19.1 Å². The van der Waals surface area contributed by atoms with Crippen LogP contribution in [0.25, 0.3) is 10.9 Å². The van der Waals surface area contributed by atoms with Crippen LogP contribution >= 0.6 is 0 Å². The molecule has 1 aromatic heterocycles. The number of amides is 1. The van der Waals surface area contributed by atoms with Crippen LogP contribution in [-0.4, -0.2) is 98.0 Å². The van der Waals surface area contributed by atoms with Gasteiger partial charge in [0, 0.05) is 68.5 Å². The van der Waals surface area contributed by atoms with Crippen LogP contribution < -0.4 is 9.47 Å². The molecule has 2 fully saturated rings. The molecule has 0 spiro atoms. The smallest absolute Gasteiger partial charge is 0.256 e. The van der Waals surface area contributed by atoms with E-state index in [4.69, 9.17) is 9.47 Å². The number of nitrogens with zero attached hydrogens (tertiary/aromatic N) is 4. The van der Waals surface area contributed by atoms with Gasteiger partial charge in [0.15, 0.2) is 0 Å². The number of hydrogen-bond acceptors (Lipinski definition) is 6. The Hall–Kier alpha value is -3.36. The van der Waals surface area contributed by atoms with Gasteiger partial charge in [0.2, 0.25) is 0 Å². The maximum atomic E-state index is 13.8. The Labute approximate surface area is 224 Å². The van der Waals surface area contributed by atoms with Gasteiger partial charge in [-0.15, -0.1) is 0 Å². The fraction of sp³-hybridized carbons (Fsp3) is 0.467. The SMILES string of the molecule is COc1cccc(OC)c1C1CCN(C(=O)c2cn(CC(C=O)N3CCN(C)CC3)c3ccccc23)CC1. The van der Waals surface area contributed by atoms with Crippen LogP contribution in [0.5, 0.6) is 11.5 Å². The normalized spacial score (nSPS) is 18.4. The van der Waals surface area contributed by atoms with Crippen LogP contribution in [0.4, 0.5) is 0 Å².